The number of nitrogens with zero attached hydrogens (tertiary/aromatic N) is 1. The molecule has 0 saturated carbocycles. The number of nitrogens with one attached hydrogen (secondary N) is 2. The Morgan fingerprint density at radius 3 is 2.77 bits per heavy atom. The van der Waals surface area contributed by atoms with Gasteiger partial charge in [-0.15, -0.1) is 11.3 Å². The minimum Gasteiger partial charge on any atom is -0.465 e. The van der Waals surface area contributed by atoms with Crippen LogP contribution in [0.3, 0.4) is 0 Å². The van der Waals surface area contributed by atoms with Gasteiger partial charge in [0.15, 0.2) is 10.2 Å². The van der Waals surface area contributed by atoms with E-state index in [2.05, 4.69) is 15.6 Å². The summed E-state index contributed by atoms with van der Waals surface area (Å²) in [6, 6.07) is 5.63. The van der Waals surface area contributed by atoms with Crippen LogP contribution in [0.2, 0.25) is 5.02 Å². The van der Waals surface area contributed by atoms with Crippen molar-refractivity contribution in [2.24, 2.45) is 0 Å². The third-order valence-corrected chi connectivity index (χ3v) is 6.28. The molecule has 3 rings (SSSR count). The van der Waals surface area contributed by atoms with Crippen molar-refractivity contribution in [2.75, 3.05) is 17.7 Å². The van der Waals surface area contributed by atoms with Crippen molar-refractivity contribution in [3.05, 3.63) is 39.2 Å². The zero-order valence-corrected chi connectivity index (χ0v) is 17.5. The maximum Gasteiger partial charge on any atom is 0.341 e. The quantitative estimate of drug-likeness (QED) is 0.426. The Morgan fingerprint density at radius 1 is 1.35 bits per heavy atom. The lowest BCUT2D eigenvalue weighted by molar-refractivity contribution is 0.0601. The monoisotopic (exact) mass is 425 g/mol. The van der Waals surface area contributed by atoms with Crippen LogP contribution in [0, 0.1) is 6.92 Å². The fourth-order valence-electron chi connectivity index (χ4n) is 2.61. The number of carbonyl (C=O) groups excluding carboxylic acids is 1. The van der Waals surface area contributed by atoms with E-state index in [0.717, 1.165) is 27.1 Å². The van der Waals surface area contributed by atoms with Crippen LogP contribution >= 0.6 is 46.5 Å². The number of thiazole rings is 1. The van der Waals surface area contributed by atoms with E-state index in [1.165, 1.54) is 29.8 Å². The van der Waals surface area contributed by atoms with Crippen molar-refractivity contribution in [3.63, 3.8) is 0 Å². The summed E-state index contributed by atoms with van der Waals surface area (Å²) < 4.78 is 5.90. The molecular weight excluding hydrogens is 410 g/mol. The number of thiophene rings is 1. The number of methoxy groups -OCH3 is 1. The minimum atomic E-state index is -0.372. The highest BCUT2D eigenvalue weighted by Gasteiger charge is 2.22. The number of aromatic nitrogens is 1. The molecular formula is C17H16ClN3O2S3. The molecule has 136 valence electrons. The highest BCUT2D eigenvalue weighted by Crippen LogP contribution is 2.35. The maximum atomic E-state index is 12.2. The van der Waals surface area contributed by atoms with Gasteiger partial charge in [0.25, 0.3) is 0 Å². The summed E-state index contributed by atoms with van der Waals surface area (Å²) in [5.41, 5.74) is 2.24. The summed E-state index contributed by atoms with van der Waals surface area (Å²) in [6.07, 6.45) is 0.741. The number of anilines is 2. The molecule has 2 N–H and O–H groups in total. The zero-order valence-electron chi connectivity index (χ0n) is 14.3. The average molecular weight is 426 g/mol. The Hall–Kier alpha value is -1.74. The molecule has 0 spiro atoms. The Kier molecular flexibility index (Phi) is 5.76. The molecule has 0 unspecified atom stereocenters. The molecule has 1 aromatic carbocycles. The molecule has 0 aliphatic rings. The number of rotatable bonds is 4. The van der Waals surface area contributed by atoms with Gasteiger partial charge in [-0.1, -0.05) is 35.9 Å². The number of para-hydroxylation sites is 1. The molecule has 26 heavy (non-hydrogen) atoms. The molecule has 0 radical (unpaired) electrons. The van der Waals surface area contributed by atoms with Crippen molar-refractivity contribution in [3.8, 4) is 0 Å². The van der Waals surface area contributed by atoms with Gasteiger partial charge in [0.05, 0.1) is 22.4 Å². The minimum absolute atomic E-state index is 0.356. The molecule has 5 nitrogen and oxygen atoms in total. The predicted molar refractivity (Wildman–Crippen MR) is 114 cm³/mol. The van der Waals surface area contributed by atoms with Gasteiger partial charge in [0.2, 0.25) is 0 Å². The van der Waals surface area contributed by atoms with E-state index < -0.39 is 0 Å². The zero-order chi connectivity index (χ0) is 18.8. The second-order valence-corrected chi connectivity index (χ2v) is 8.44. The SMILES string of the molecule is CCc1c(C)sc(NC(=S)Nc2nc3c(Cl)cccc3s2)c1C(=O)OC. The third kappa shape index (κ3) is 3.68. The molecule has 0 bridgehead atoms. The number of halogens is 1. The van der Waals surface area contributed by atoms with Crippen LogP contribution in [0.5, 0.6) is 0 Å². The van der Waals surface area contributed by atoms with Crippen molar-refractivity contribution in [1.82, 2.24) is 4.98 Å². The molecule has 2 heterocycles. The molecule has 0 saturated heterocycles. The van der Waals surface area contributed by atoms with E-state index in [1.54, 1.807) is 6.07 Å². The van der Waals surface area contributed by atoms with Gasteiger partial charge in [-0.05, 0) is 43.3 Å². The van der Waals surface area contributed by atoms with Crippen LogP contribution in [-0.2, 0) is 11.2 Å². The number of hydrogen-bond acceptors (Lipinski definition) is 6. The number of esters is 1. The van der Waals surface area contributed by atoms with Gasteiger partial charge in [-0.3, -0.25) is 0 Å². The Balaban J connectivity index is 1.83. The third-order valence-electron chi connectivity index (χ3n) is 3.77. The van der Waals surface area contributed by atoms with Crippen molar-refractivity contribution in [1.29, 1.82) is 0 Å². The van der Waals surface area contributed by atoms with Crippen LogP contribution in [-0.4, -0.2) is 23.2 Å². The summed E-state index contributed by atoms with van der Waals surface area (Å²) in [7, 11) is 1.37. The number of benzene rings is 1. The van der Waals surface area contributed by atoms with Crippen LogP contribution < -0.4 is 10.6 Å². The van der Waals surface area contributed by atoms with E-state index in [4.69, 9.17) is 28.6 Å². The maximum absolute atomic E-state index is 12.2. The summed E-state index contributed by atoms with van der Waals surface area (Å²) in [6.45, 7) is 3.99. The van der Waals surface area contributed by atoms with E-state index in [0.29, 0.717) is 25.8 Å². The van der Waals surface area contributed by atoms with Gasteiger partial charge in [-0.25, -0.2) is 9.78 Å². The number of ether oxygens (including phenoxy) is 1. The van der Waals surface area contributed by atoms with Crippen LogP contribution in [0.25, 0.3) is 10.2 Å². The van der Waals surface area contributed by atoms with Crippen LogP contribution in [0.1, 0.15) is 27.7 Å². The first-order valence-corrected chi connectivity index (χ1v) is 10.2. The van der Waals surface area contributed by atoms with Gasteiger partial charge in [0, 0.05) is 4.88 Å². The van der Waals surface area contributed by atoms with E-state index in [9.17, 15) is 4.79 Å². The standard InChI is InChI=1S/C17H16ClN3O2S3/c1-4-9-8(2)25-14(12(9)15(22)23-3)20-16(24)21-17-19-13-10(18)6-5-7-11(13)26-17/h5-7H,4H2,1-3H3,(H2,19,20,21,24). The van der Waals surface area contributed by atoms with Gasteiger partial charge in [-0.2, -0.15) is 0 Å². The van der Waals surface area contributed by atoms with Crippen molar-refractivity contribution in [2.45, 2.75) is 20.3 Å². The molecule has 0 aliphatic heterocycles. The first-order valence-electron chi connectivity index (χ1n) is 7.78. The molecule has 2 aromatic heterocycles. The average Bonchev–Trinajstić information content (AvgIpc) is 3.15. The first kappa shape index (κ1) is 19.0. The van der Waals surface area contributed by atoms with E-state index in [-0.39, 0.29) is 5.97 Å². The Bertz CT molecular complexity index is 997. The predicted octanol–water partition coefficient (Wildman–Crippen LogP) is 5.48. The van der Waals surface area contributed by atoms with Crippen LogP contribution in [0.4, 0.5) is 10.1 Å². The number of carbonyl (C=O) groups is 1. The summed E-state index contributed by atoms with van der Waals surface area (Å²) in [5, 5.41) is 8.42. The highest BCUT2D eigenvalue weighted by atomic mass is 35.5. The van der Waals surface area contributed by atoms with Crippen molar-refractivity contribution >= 4 is 77.9 Å². The second-order valence-electron chi connectivity index (χ2n) is 5.37. The first-order chi connectivity index (χ1) is 12.4. The molecule has 0 atom stereocenters. The van der Waals surface area contributed by atoms with E-state index in [1.807, 2.05) is 26.0 Å². The smallest absolute Gasteiger partial charge is 0.341 e. The fraction of sp³-hybridized carbons (Fsp3) is 0.235. The summed E-state index contributed by atoms with van der Waals surface area (Å²) in [4.78, 5) is 17.7. The Labute approximate surface area is 169 Å². The van der Waals surface area contributed by atoms with Crippen LogP contribution in [0.15, 0.2) is 18.2 Å². The summed E-state index contributed by atoms with van der Waals surface area (Å²) in [5.74, 6) is -0.372. The molecule has 9 heteroatoms. The van der Waals surface area contributed by atoms with Crippen molar-refractivity contribution < 1.29 is 9.53 Å². The van der Waals surface area contributed by atoms with Gasteiger partial charge >= 0.3 is 5.97 Å². The molecule has 0 aliphatic carbocycles. The normalized spacial score (nSPS) is 10.8. The topological polar surface area (TPSA) is 63.2 Å². The fourth-order valence-corrected chi connectivity index (χ4v) is 5.25. The molecule has 3 aromatic rings. The molecule has 0 amide bonds. The number of aryl methyl sites for hydroxylation is 1. The van der Waals surface area contributed by atoms with Gasteiger partial charge in [0.1, 0.15) is 10.5 Å². The largest absolute Gasteiger partial charge is 0.465 e. The van der Waals surface area contributed by atoms with Gasteiger partial charge < -0.3 is 15.4 Å². The number of hydrogen-bond donors (Lipinski definition) is 2. The second kappa shape index (κ2) is 7.87. The number of thiocarbonyl (C=S) groups is 1. The van der Waals surface area contributed by atoms with E-state index >= 15 is 0 Å². The Morgan fingerprint density at radius 2 is 2.12 bits per heavy atom. The lowest BCUT2D eigenvalue weighted by Crippen LogP contribution is -2.20. The lowest BCUT2D eigenvalue weighted by atomic mass is 10.1. The molecule has 0 fully saturated rings. The lowest BCUT2D eigenvalue weighted by Gasteiger charge is -2.09. The number of fused-ring (bicyclic) bond motifs is 1. The summed E-state index contributed by atoms with van der Waals surface area (Å²) >= 11 is 14.5. The highest BCUT2D eigenvalue weighted by molar-refractivity contribution is 7.80.